The molecule has 0 radical (unpaired) electrons. The van der Waals surface area contributed by atoms with Crippen molar-refractivity contribution in [3.8, 4) is 11.5 Å². The van der Waals surface area contributed by atoms with Crippen LogP contribution in [0.4, 0.5) is 0 Å². The van der Waals surface area contributed by atoms with Crippen LogP contribution in [-0.4, -0.2) is 22.8 Å². The normalized spacial score (nSPS) is 10.9. The number of hydrogen-bond donors (Lipinski definition) is 0. The maximum atomic E-state index is 12.2. The molecular formula is C20H22N2O5. The van der Waals surface area contributed by atoms with Crippen molar-refractivity contribution < 1.29 is 13.9 Å². The van der Waals surface area contributed by atoms with Crippen molar-refractivity contribution in [2.45, 2.75) is 33.7 Å². The molecule has 0 aliphatic carbocycles. The molecule has 0 atom stereocenters. The molecule has 142 valence electrons. The van der Waals surface area contributed by atoms with Gasteiger partial charge in [-0.1, -0.05) is 6.92 Å². The first kappa shape index (κ1) is 18.7. The number of benzene rings is 1. The zero-order valence-electron chi connectivity index (χ0n) is 15.7. The van der Waals surface area contributed by atoms with Crippen LogP contribution < -0.4 is 20.7 Å². The van der Waals surface area contributed by atoms with Crippen LogP contribution in [0.15, 0.2) is 44.3 Å². The SMILES string of the molecule is CCOc1cc2ccc(OCCn3c(CC)nc(C)cc3=O)cc2oc1=O. The second kappa shape index (κ2) is 8.07. The summed E-state index contributed by atoms with van der Waals surface area (Å²) in [6, 6.07) is 8.41. The summed E-state index contributed by atoms with van der Waals surface area (Å²) in [5.74, 6) is 1.48. The van der Waals surface area contributed by atoms with Gasteiger partial charge in [0.15, 0.2) is 0 Å². The summed E-state index contributed by atoms with van der Waals surface area (Å²) in [5, 5.41) is 0.748. The first-order chi connectivity index (χ1) is 13.0. The van der Waals surface area contributed by atoms with Gasteiger partial charge in [0.25, 0.3) is 5.56 Å². The molecule has 0 aliphatic rings. The van der Waals surface area contributed by atoms with Crippen molar-refractivity contribution in [1.82, 2.24) is 9.55 Å². The Morgan fingerprint density at radius 3 is 2.67 bits per heavy atom. The molecular weight excluding hydrogens is 348 g/mol. The molecule has 0 bridgehead atoms. The molecule has 0 saturated carbocycles. The van der Waals surface area contributed by atoms with Gasteiger partial charge in [0.05, 0.1) is 13.2 Å². The highest BCUT2D eigenvalue weighted by Gasteiger charge is 2.08. The first-order valence-electron chi connectivity index (χ1n) is 8.92. The summed E-state index contributed by atoms with van der Waals surface area (Å²) in [6.45, 7) is 6.65. The van der Waals surface area contributed by atoms with Gasteiger partial charge in [-0.05, 0) is 32.0 Å². The molecule has 0 aliphatic heterocycles. The zero-order chi connectivity index (χ0) is 19.4. The van der Waals surface area contributed by atoms with E-state index in [2.05, 4.69) is 4.98 Å². The lowest BCUT2D eigenvalue weighted by atomic mass is 10.2. The number of aromatic nitrogens is 2. The van der Waals surface area contributed by atoms with Crippen LogP contribution >= 0.6 is 0 Å². The lowest BCUT2D eigenvalue weighted by Crippen LogP contribution is -2.27. The smallest absolute Gasteiger partial charge is 0.379 e. The van der Waals surface area contributed by atoms with Crippen molar-refractivity contribution in [2.75, 3.05) is 13.2 Å². The summed E-state index contributed by atoms with van der Waals surface area (Å²) in [7, 11) is 0. The fourth-order valence-electron chi connectivity index (χ4n) is 2.86. The molecule has 2 heterocycles. The van der Waals surface area contributed by atoms with E-state index in [1.165, 1.54) is 6.07 Å². The highest BCUT2D eigenvalue weighted by molar-refractivity contribution is 5.79. The topological polar surface area (TPSA) is 83.6 Å². The number of nitrogens with zero attached hydrogens (tertiary/aromatic N) is 2. The summed E-state index contributed by atoms with van der Waals surface area (Å²) in [6.07, 6.45) is 0.667. The Labute approximate surface area is 156 Å². The highest BCUT2D eigenvalue weighted by atomic mass is 16.5. The van der Waals surface area contributed by atoms with E-state index in [-0.39, 0.29) is 11.3 Å². The van der Waals surface area contributed by atoms with Crippen LogP contribution in [-0.2, 0) is 13.0 Å². The van der Waals surface area contributed by atoms with Gasteiger partial charge in [-0.25, -0.2) is 9.78 Å². The molecule has 7 nitrogen and oxygen atoms in total. The van der Waals surface area contributed by atoms with Crippen LogP contribution in [0, 0.1) is 6.92 Å². The summed E-state index contributed by atoms with van der Waals surface area (Å²) in [5.41, 5.74) is 0.525. The average molecular weight is 370 g/mol. The van der Waals surface area contributed by atoms with Gasteiger partial charge < -0.3 is 13.9 Å². The molecule has 3 aromatic rings. The molecule has 0 N–H and O–H groups in total. The maximum absolute atomic E-state index is 12.2. The second-order valence-electron chi connectivity index (χ2n) is 6.04. The summed E-state index contributed by atoms with van der Waals surface area (Å²) < 4.78 is 17.9. The van der Waals surface area contributed by atoms with E-state index in [4.69, 9.17) is 13.9 Å². The lowest BCUT2D eigenvalue weighted by molar-refractivity contribution is 0.293. The van der Waals surface area contributed by atoms with Crippen molar-refractivity contribution in [3.05, 3.63) is 62.6 Å². The fourth-order valence-corrected chi connectivity index (χ4v) is 2.86. The predicted octanol–water partition coefficient (Wildman–Crippen LogP) is 2.70. The number of ether oxygens (including phenoxy) is 2. The van der Waals surface area contributed by atoms with Crippen LogP contribution in [0.5, 0.6) is 11.5 Å². The molecule has 0 unspecified atom stereocenters. The minimum atomic E-state index is -0.522. The average Bonchev–Trinajstić information content (AvgIpc) is 2.64. The highest BCUT2D eigenvalue weighted by Crippen LogP contribution is 2.22. The third-order valence-corrected chi connectivity index (χ3v) is 4.09. The van der Waals surface area contributed by atoms with Crippen LogP contribution in [0.25, 0.3) is 11.0 Å². The predicted molar refractivity (Wildman–Crippen MR) is 102 cm³/mol. The van der Waals surface area contributed by atoms with E-state index in [0.29, 0.717) is 43.2 Å². The Morgan fingerprint density at radius 2 is 1.93 bits per heavy atom. The molecule has 3 rings (SSSR count). The maximum Gasteiger partial charge on any atom is 0.379 e. The first-order valence-corrected chi connectivity index (χ1v) is 8.92. The molecule has 7 heteroatoms. The second-order valence-corrected chi connectivity index (χ2v) is 6.04. The molecule has 2 aromatic heterocycles. The van der Waals surface area contributed by atoms with Gasteiger partial charge in [-0.15, -0.1) is 0 Å². The lowest BCUT2D eigenvalue weighted by Gasteiger charge is -2.12. The Morgan fingerprint density at radius 1 is 1.11 bits per heavy atom. The molecule has 1 aromatic carbocycles. The molecule has 27 heavy (non-hydrogen) atoms. The van der Waals surface area contributed by atoms with E-state index >= 15 is 0 Å². The van der Waals surface area contributed by atoms with Gasteiger partial charge >= 0.3 is 5.63 Å². The van der Waals surface area contributed by atoms with Crippen molar-refractivity contribution in [1.29, 1.82) is 0 Å². The third-order valence-electron chi connectivity index (χ3n) is 4.09. The molecule has 0 saturated heterocycles. The van der Waals surface area contributed by atoms with Gasteiger partial charge in [0.2, 0.25) is 5.75 Å². The minimum absolute atomic E-state index is 0.0871. The van der Waals surface area contributed by atoms with Gasteiger partial charge in [-0.3, -0.25) is 9.36 Å². The van der Waals surface area contributed by atoms with Gasteiger partial charge in [0.1, 0.15) is 23.8 Å². The minimum Gasteiger partial charge on any atom is -0.492 e. The Bertz CT molecular complexity index is 1070. The third kappa shape index (κ3) is 4.19. The largest absolute Gasteiger partial charge is 0.492 e. The summed E-state index contributed by atoms with van der Waals surface area (Å²) >= 11 is 0. The number of rotatable bonds is 7. The number of aryl methyl sites for hydroxylation is 2. The monoisotopic (exact) mass is 370 g/mol. The number of fused-ring (bicyclic) bond motifs is 1. The van der Waals surface area contributed by atoms with E-state index in [1.54, 1.807) is 42.7 Å². The van der Waals surface area contributed by atoms with Crippen LogP contribution in [0.1, 0.15) is 25.4 Å². The van der Waals surface area contributed by atoms with Gasteiger partial charge in [0, 0.05) is 29.6 Å². The zero-order valence-corrected chi connectivity index (χ0v) is 15.7. The Kier molecular flexibility index (Phi) is 5.59. The van der Waals surface area contributed by atoms with E-state index < -0.39 is 5.63 Å². The molecule has 0 spiro atoms. The van der Waals surface area contributed by atoms with E-state index in [0.717, 1.165) is 11.2 Å². The number of hydrogen-bond acceptors (Lipinski definition) is 6. The van der Waals surface area contributed by atoms with E-state index in [1.807, 2.05) is 6.92 Å². The Hall–Kier alpha value is -3.09. The standard InChI is InChI=1S/C20H22N2O5/c1-4-18-21-13(3)10-19(23)22(18)8-9-26-15-7-6-14-11-17(25-5-2)20(24)27-16(14)12-15/h6-7,10-12H,4-5,8-9H2,1-3H3. The van der Waals surface area contributed by atoms with E-state index in [9.17, 15) is 9.59 Å². The van der Waals surface area contributed by atoms with Crippen LogP contribution in [0.2, 0.25) is 0 Å². The quantitative estimate of drug-likeness (QED) is 0.595. The fraction of sp³-hybridized carbons (Fsp3) is 0.350. The van der Waals surface area contributed by atoms with Crippen molar-refractivity contribution in [2.24, 2.45) is 0 Å². The van der Waals surface area contributed by atoms with Gasteiger partial charge in [-0.2, -0.15) is 0 Å². The molecule has 0 fully saturated rings. The van der Waals surface area contributed by atoms with Crippen molar-refractivity contribution >= 4 is 11.0 Å². The summed E-state index contributed by atoms with van der Waals surface area (Å²) in [4.78, 5) is 28.5. The van der Waals surface area contributed by atoms with Crippen LogP contribution in [0.3, 0.4) is 0 Å². The van der Waals surface area contributed by atoms with Crippen molar-refractivity contribution in [3.63, 3.8) is 0 Å². The molecule has 0 amide bonds. The Balaban J connectivity index is 1.75.